The molecule has 0 saturated carbocycles. The smallest absolute Gasteiger partial charge is 0.420 e. The van der Waals surface area contributed by atoms with E-state index in [1.807, 2.05) is 0 Å². The standard InChI is InChI=1S/C25H26F3N5O3/c1-23(35)14-33(15-23)21-19(25(26,27)28)11-17(13-30-21)36-9-8-32-6-4-24(5-7-32)18-10-16(12-29)2-3-20(18)31-22(24)34/h2-3,10-11,13,35H,4-9,14-15H2,1H3,(H,31,34). The summed E-state index contributed by atoms with van der Waals surface area (Å²) in [6.45, 7) is 3.63. The lowest BCUT2D eigenvalue weighted by atomic mass is 9.73. The van der Waals surface area contributed by atoms with Crippen LogP contribution < -0.4 is 15.0 Å². The fourth-order valence-corrected chi connectivity index (χ4v) is 5.33. The second-order valence-corrected chi connectivity index (χ2v) is 9.99. The van der Waals surface area contributed by atoms with Gasteiger partial charge in [-0.3, -0.25) is 9.69 Å². The maximum absolute atomic E-state index is 13.6. The SMILES string of the molecule is CC1(O)CN(c2ncc(OCCN3CCC4(CC3)C(=O)Nc3ccc(C#N)cc34)cc2C(F)(F)F)C1. The lowest BCUT2D eigenvalue weighted by Crippen LogP contribution is -2.60. The first-order valence-corrected chi connectivity index (χ1v) is 11.8. The zero-order valence-electron chi connectivity index (χ0n) is 19.7. The number of anilines is 2. The van der Waals surface area contributed by atoms with Gasteiger partial charge in [-0.25, -0.2) is 4.98 Å². The van der Waals surface area contributed by atoms with Crippen molar-refractivity contribution in [2.75, 3.05) is 49.5 Å². The first-order valence-electron chi connectivity index (χ1n) is 11.8. The van der Waals surface area contributed by atoms with Crippen molar-refractivity contribution >= 4 is 17.4 Å². The number of carbonyl (C=O) groups excluding carboxylic acids is 1. The number of hydrogen-bond acceptors (Lipinski definition) is 7. The molecule has 190 valence electrons. The molecule has 2 N–H and O–H groups in total. The Kier molecular flexibility index (Phi) is 5.84. The van der Waals surface area contributed by atoms with Crippen LogP contribution in [0.2, 0.25) is 0 Å². The molecule has 1 spiro atoms. The summed E-state index contributed by atoms with van der Waals surface area (Å²) in [5.41, 5.74) is -0.462. The molecule has 0 aliphatic carbocycles. The van der Waals surface area contributed by atoms with E-state index in [0.29, 0.717) is 38.0 Å². The molecule has 0 atom stereocenters. The average molecular weight is 502 g/mol. The lowest BCUT2D eigenvalue weighted by Gasteiger charge is -2.45. The number of aliphatic hydroxyl groups is 1. The fourth-order valence-electron chi connectivity index (χ4n) is 5.33. The molecule has 0 radical (unpaired) electrons. The number of carbonyl (C=O) groups is 1. The topological polar surface area (TPSA) is 102 Å². The van der Waals surface area contributed by atoms with Crippen LogP contribution in [-0.2, 0) is 16.4 Å². The maximum Gasteiger partial charge on any atom is 0.420 e. The minimum atomic E-state index is -4.60. The van der Waals surface area contributed by atoms with Gasteiger partial charge in [0, 0.05) is 25.3 Å². The molecule has 5 rings (SSSR count). The number of ether oxygens (including phenoxy) is 1. The van der Waals surface area contributed by atoms with Crippen molar-refractivity contribution in [3.63, 3.8) is 0 Å². The van der Waals surface area contributed by atoms with Gasteiger partial charge < -0.3 is 20.1 Å². The first-order chi connectivity index (χ1) is 17.0. The van der Waals surface area contributed by atoms with Gasteiger partial charge in [0.25, 0.3) is 0 Å². The Morgan fingerprint density at radius 2 is 1.97 bits per heavy atom. The van der Waals surface area contributed by atoms with E-state index in [4.69, 9.17) is 4.74 Å². The van der Waals surface area contributed by atoms with Crippen molar-refractivity contribution in [1.82, 2.24) is 9.88 Å². The van der Waals surface area contributed by atoms with E-state index in [2.05, 4.69) is 21.3 Å². The summed E-state index contributed by atoms with van der Waals surface area (Å²) >= 11 is 0. The van der Waals surface area contributed by atoms with E-state index in [9.17, 15) is 28.3 Å². The summed E-state index contributed by atoms with van der Waals surface area (Å²) in [6, 6.07) is 8.30. The van der Waals surface area contributed by atoms with Crippen molar-refractivity contribution < 1.29 is 27.8 Å². The summed E-state index contributed by atoms with van der Waals surface area (Å²) < 4.78 is 46.5. The van der Waals surface area contributed by atoms with Gasteiger partial charge in [0.1, 0.15) is 23.7 Å². The Morgan fingerprint density at radius 3 is 2.61 bits per heavy atom. The Morgan fingerprint density at radius 1 is 1.25 bits per heavy atom. The summed E-state index contributed by atoms with van der Waals surface area (Å²) in [5, 5.41) is 22.0. The molecular weight excluding hydrogens is 475 g/mol. The third kappa shape index (κ3) is 4.35. The Labute approximate surface area is 206 Å². The number of hydrogen-bond donors (Lipinski definition) is 2. The van der Waals surface area contributed by atoms with Crippen LogP contribution in [0.25, 0.3) is 0 Å². The molecule has 3 aliphatic heterocycles. The molecule has 1 aromatic heterocycles. The van der Waals surface area contributed by atoms with Crippen LogP contribution in [0.5, 0.6) is 5.75 Å². The van der Waals surface area contributed by atoms with Gasteiger partial charge in [0.05, 0.1) is 28.8 Å². The molecule has 1 aromatic carbocycles. The third-order valence-electron chi connectivity index (χ3n) is 7.24. The molecule has 36 heavy (non-hydrogen) atoms. The van der Waals surface area contributed by atoms with E-state index in [-0.39, 0.29) is 37.2 Å². The summed E-state index contributed by atoms with van der Waals surface area (Å²) in [7, 11) is 0. The number of aromatic nitrogens is 1. The Bertz CT molecular complexity index is 1220. The van der Waals surface area contributed by atoms with Gasteiger partial charge in [0.2, 0.25) is 5.91 Å². The number of halogens is 3. The average Bonchev–Trinajstić information content (AvgIpc) is 3.08. The lowest BCUT2D eigenvalue weighted by molar-refractivity contribution is -0.137. The Hall–Kier alpha value is -3.36. The van der Waals surface area contributed by atoms with Crippen LogP contribution in [0.3, 0.4) is 0 Å². The zero-order chi connectivity index (χ0) is 25.7. The van der Waals surface area contributed by atoms with Crippen molar-refractivity contribution in [3.8, 4) is 11.8 Å². The molecule has 0 bridgehead atoms. The molecule has 1 amide bonds. The number of nitriles is 1. The molecule has 11 heteroatoms. The number of rotatable bonds is 5. The second-order valence-electron chi connectivity index (χ2n) is 9.99. The summed E-state index contributed by atoms with van der Waals surface area (Å²) in [5.74, 6) is -0.240. The molecular formula is C25H26F3N5O3. The van der Waals surface area contributed by atoms with Crippen LogP contribution >= 0.6 is 0 Å². The minimum Gasteiger partial charge on any atom is -0.491 e. The highest BCUT2D eigenvalue weighted by Crippen LogP contribution is 2.45. The zero-order valence-corrected chi connectivity index (χ0v) is 19.7. The third-order valence-corrected chi connectivity index (χ3v) is 7.24. The maximum atomic E-state index is 13.6. The van der Waals surface area contributed by atoms with Gasteiger partial charge in [-0.2, -0.15) is 18.4 Å². The number of benzene rings is 1. The number of pyridine rings is 1. The number of piperidine rings is 1. The normalized spacial score (nSPS) is 20.4. The quantitative estimate of drug-likeness (QED) is 0.650. The second kappa shape index (κ2) is 8.64. The fraction of sp³-hybridized carbons (Fsp3) is 0.480. The molecule has 2 saturated heterocycles. The number of fused-ring (bicyclic) bond motifs is 2. The highest BCUT2D eigenvalue weighted by atomic mass is 19.4. The van der Waals surface area contributed by atoms with E-state index in [1.54, 1.807) is 25.1 Å². The highest BCUT2D eigenvalue weighted by molar-refractivity contribution is 6.06. The van der Waals surface area contributed by atoms with Gasteiger partial charge in [0.15, 0.2) is 0 Å². The monoisotopic (exact) mass is 501 g/mol. The molecule has 2 aromatic rings. The number of alkyl halides is 3. The summed E-state index contributed by atoms with van der Waals surface area (Å²) in [4.78, 5) is 20.3. The predicted molar refractivity (Wildman–Crippen MR) is 125 cm³/mol. The van der Waals surface area contributed by atoms with E-state index < -0.39 is 22.8 Å². The largest absolute Gasteiger partial charge is 0.491 e. The Balaban J connectivity index is 1.19. The van der Waals surface area contributed by atoms with Crippen molar-refractivity contribution in [2.45, 2.75) is 37.0 Å². The van der Waals surface area contributed by atoms with Gasteiger partial charge in [-0.15, -0.1) is 0 Å². The van der Waals surface area contributed by atoms with Crippen LogP contribution in [-0.4, -0.2) is 65.8 Å². The van der Waals surface area contributed by atoms with Crippen molar-refractivity contribution in [3.05, 3.63) is 47.2 Å². The summed E-state index contributed by atoms with van der Waals surface area (Å²) in [6.07, 6.45) is -2.17. The predicted octanol–water partition coefficient (Wildman–Crippen LogP) is 2.91. The number of β-amino-alcohol motifs (C(OH)–C–C–N with tert-alkyl or cyclic N) is 1. The van der Waals surface area contributed by atoms with Crippen LogP contribution in [0.4, 0.5) is 24.7 Å². The van der Waals surface area contributed by atoms with Crippen LogP contribution in [0.15, 0.2) is 30.5 Å². The first kappa shape index (κ1) is 24.3. The van der Waals surface area contributed by atoms with E-state index in [1.165, 1.54) is 11.1 Å². The van der Waals surface area contributed by atoms with Gasteiger partial charge in [-0.05, 0) is 62.7 Å². The minimum absolute atomic E-state index is 0.0277. The van der Waals surface area contributed by atoms with E-state index >= 15 is 0 Å². The van der Waals surface area contributed by atoms with Gasteiger partial charge in [-0.1, -0.05) is 0 Å². The van der Waals surface area contributed by atoms with Crippen LogP contribution in [0, 0.1) is 11.3 Å². The molecule has 8 nitrogen and oxygen atoms in total. The van der Waals surface area contributed by atoms with Gasteiger partial charge >= 0.3 is 6.18 Å². The van der Waals surface area contributed by atoms with Crippen molar-refractivity contribution in [2.24, 2.45) is 0 Å². The number of nitrogens with one attached hydrogen (secondary N) is 1. The van der Waals surface area contributed by atoms with Crippen molar-refractivity contribution in [1.29, 1.82) is 5.26 Å². The molecule has 2 fully saturated rings. The molecule has 3 aliphatic rings. The van der Waals surface area contributed by atoms with E-state index in [0.717, 1.165) is 17.3 Å². The number of amides is 1. The number of likely N-dealkylation sites (tertiary alicyclic amines) is 1. The van der Waals surface area contributed by atoms with Crippen LogP contribution in [0.1, 0.15) is 36.5 Å². The molecule has 0 unspecified atom stereocenters. The number of nitrogens with zero attached hydrogens (tertiary/aromatic N) is 4. The molecule has 4 heterocycles. The highest BCUT2D eigenvalue weighted by Gasteiger charge is 2.48.